The van der Waals surface area contributed by atoms with Crippen LogP contribution in [-0.2, 0) is 19.4 Å². The zero-order valence-electron chi connectivity index (χ0n) is 15.8. The third-order valence-electron chi connectivity index (χ3n) is 3.94. The molecule has 0 fully saturated rings. The number of carboxylic acids is 1. The van der Waals surface area contributed by atoms with Gasteiger partial charge >= 0.3 is 11.9 Å². The molecule has 0 saturated carbocycles. The monoisotopic (exact) mass is 422 g/mol. The van der Waals surface area contributed by atoms with Gasteiger partial charge in [-0.05, 0) is 43.2 Å². The van der Waals surface area contributed by atoms with Crippen molar-refractivity contribution in [2.75, 3.05) is 19.0 Å². The highest BCUT2D eigenvalue weighted by Gasteiger charge is 2.15. The Bertz CT molecular complexity index is 982. The molecule has 156 valence electrons. The van der Waals surface area contributed by atoms with E-state index in [9.17, 15) is 23.1 Å². The molecule has 29 heavy (non-hydrogen) atoms. The lowest BCUT2D eigenvalue weighted by atomic mass is 10.2. The lowest BCUT2D eigenvalue weighted by Crippen LogP contribution is -2.14. The number of esters is 1. The van der Waals surface area contributed by atoms with Gasteiger partial charge in [-0.15, -0.1) is 0 Å². The maximum absolute atomic E-state index is 12.2. The molecule has 0 radical (unpaired) electrons. The third-order valence-corrected chi connectivity index (χ3v) is 5.74. The van der Waals surface area contributed by atoms with E-state index < -0.39 is 27.5 Å². The fourth-order valence-corrected chi connectivity index (χ4v) is 3.85. The number of aryl methyl sites for hydroxylation is 1. The van der Waals surface area contributed by atoms with E-state index in [4.69, 9.17) is 14.6 Å². The molecule has 2 N–H and O–H groups in total. The number of ether oxygens (including phenoxy) is 2. The highest BCUT2D eigenvalue weighted by Crippen LogP contribution is 2.23. The van der Waals surface area contributed by atoms with Crippen LogP contribution in [0.2, 0.25) is 0 Å². The molecule has 9 heteroatoms. The smallest absolute Gasteiger partial charge is 0.339 e. The summed E-state index contributed by atoms with van der Waals surface area (Å²) in [5.74, 6) is -2.17. The fourth-order valence-electron chi connectivity index (χ4n) is 2.47. The maximum Gasteiger partial charge on any atom is 0.339 e. The number of hydrogen-bond acceptors (Lipinski definition) is 7. The van der Waals surface area contributed by atoms with Gasteiger partial charge in [0, 0.05) is 6.07 Å². The van der Waals surface area contributed by atoms with Gasteiger partial charge in [0.05, 0.1) is 30.3 Å². The van der Waals surface area contributed by atoms with Gasteiger partial charge in [0.1, 0.15) is 17.1 Å². The minimum absolute atomic E-state index is 0.0298. The molecule has 0 aliphatic rings. The summed E-state index contributed by atoms with van der Waals surface area (Å²) < 4.78 is 34.7. The molecule has 0 aliphatic carbocycles. The Balaban J connectivity index is 1.70. The lowest BCUT2D eigenvalue weighted by molar-refractivity contribution is -0.144. The summed E-state index contributed by atoms with van der Waals surface area (Å²) in [5, 5.41) is 18.4. The molecule has 0 heterocycles. The van der Waals surface area contributed by atoms with Gasteiger partial charge in [0.2, 0.25) is 0 Å². The summed E-state index contributed by atoms with van der Waals surface area (Å²) in [4.78, 5) is 22.8. The van der Waals surface area contributed by atoms with E-state index in [1.165, 1.54) is 18.2 Å². The molecule has 2 aromatic rings. The van der Waals surface area contributed by atoms with Crippen LogP contribution in [0.25, 0.3) is 0 Å². The number of hydrogen-bond donors (Lipinski definition) is 2. The number of carboxylic acid groups (broad SMARTS) is 1. The van der Waals surface area contributed by atoms with Crippen molar-refractivity contribution >= 4 is 21.8 Å². The molecule has 0 aliphatic heterocycles. The highest BCUT2D eigenvalue weighted by atomic mass is 32.2. The SMILES string of the molecule is Cc1cccc(S(=O)(=O)CCCOC(=O)CCOc2ccc(C(=O)O)c(O)c2)c1. The molecule has 0 saturated heterocycles. The number of carbonyl (C=O) groups excluding carboxylic acids is 1. The maximum atomic E-state index is 12.2. The van der Waals surface area contributed by atoms with Crippen molar-refractivity contribution in [3.05, 3.63) is 53.6 Å². The molecule has 0 bridgehead atoms. The van der Waals surface area contributed by atoms with E-state index in [-0.39, 0.29) is 48.0 Å². The van der Waals surface area contributed by atoms with E-state index in [1.807, 2.05) is 13.0 Å². The van der Waals surface area contributed by atoms with Crippen LogP contribution >= 0.6 is 0 Å². The number of sulfone groups is 1. The Morgan fingerprint density at radius 2 is 1.83 bits per heavy atom. The first-order valence-corrected chi connectivity index (χ1v) is 10.5. The molecule has 0 atom stereocenters. The Labute approximate surface area is 168 Å². The van der Waals surface area contributed by atoms with E-state index in [1.54, 1.807) is 12.1 Å². The minimum Gasteiger partial charge on any atom is -0.507 e. The summed E-state index contributed by atoms with van der Waals surface area (Å²) in [7, 11) is -3.43. The third kappa shape index (κ3) is 6.79. The van der Waals surface area contributed by atoms with Crippen molar-refractivity contribution in [3.63, 3.8) is 0 Å². The highest BCUT2D eigenvalue weighted by molar-refractivity contribution is 7.91. The van der Waals surface area contributed by atoms with Crippen molar-refractivity contribution < 1.29 is 37.7 Å². The number of benzene rings is 2. The van der Waals surface area contributed by atoms with Crippen molar-refractivity contribution in [1.82, 2.24) is 0 Å². The van der Waals surface area contributed by atoms with Crippen LogP contribution < -0.4 is 4.74 Å². The Morgan fingerprint density at radius 3 is 2.48 bits per heavy atom. The van der Waals surface area contributed by atoms with Crippen LogP contribution in [0, 0.1) is 6.92 Å². The average molecular weight is 422 g/mol. The molecule has 8 nitrogen and oxygen atoms in total. The fraction of sp³-hybridized carbons (Fsp3) is 0.300. The molecule has 0 aromatic heterocycles. The van der Waals surface area contributed by atoms with Gasteiger partial charge in [-0.2, -0.15) is 0 Å². The molecule has 0 unspecified atom stereocenters. The number of aromatic carboxylic acids is 1. The van der Waals surface area contributed by atoms with Gasteiger partial charge in [-0.25, -0.2) is 13.2 Å². The summed E-state index contributed by atoms with van der Waals surface area (Å²) in [6.45, 7) is 1.75. The van der Waals surface area contributed by atoms with Gasteiger partial charge in [0.25, 0.3) is 0 Å². The van der Waals surface area contributed by atoms with Gasteiger partial charge in [-0.3, -0.25) is 4.79 Å². The van der Waals surface area contributed by atoms with Crippen LogP contribution in [0.3, 0.4) is 0 Å². The van der Waals surface area contributed by atoms with Crippen LogP contribution in [0.1, 0.15) is 28.8 Å². The average Bonchev–Trinajstić information content (AvgIpc) is 2.65. The summed E-state index contributed by atoms with van der Waals surface area (Å²) in [5.41, 5.74) is 0.598. The Morgan fingerprint density at radius 1 is 1.07 bits per heavy atom. The van der Waals surface area contributed by atoms with Crippen molar-refractivity contribution in [2.24, 2.45) is 0 Å². The largest absolute Gasteiger partial charge is 0.507 e. The van der Waals surface area contributed by atoms with Gasteiger partial charge in [0.15, 0.2) is 9.84 Å². The van der Waals surface area contributed by atoms with Crippen molar-refractivity contribution in [2.45, 2.75) is 24.7 Å². The molecule has 0 spiro atoms. The summed E-state index contributed by atoms with van der Waals surface area (Å²) >= 11 is 0. The first-order valence-electron chi connectivity index (χ1n) is 8.83. The Kier molecular flexibility index (Phi) is 7.60. The lowest BCUT2D eigenvalue weighted by Gasteiger charge is -2.09. The zero-order valence-corrected chi connectivity index (χ0v) is 16.6. The van der Waals surface area contributed by atoms with E-state index in [2.05, 4.69) is 0 Å². The number of phenols is 1. The number of aromatic hydroxyl groups is 1. The molecular weight excluding hydrogens is 400 g/mol. The van der Waals surface area contributed by atoms with E-state index in [0.29, 0.717) is 0 Å². The van der Waals surface area contributed by atoms with Crippen LogP contribution in [0.15, 0.2) is 47.4 Å². The Hall–Kier alpha value is -3.07. The summed E-state index contributed by atoms with van der Waals surface area (Å²) in [6, 6.07) is 10.3. The first-order chi connectivity index (χ1) is 13.7. The zero-order chi connectivity index (χ0) is 21.4. The van der Waals surface area contributed by atoms with E-state index in [0.717, 1.165) is 11.6 Å². The van der Waals surface area contributed by atoms with Crippen LogP contribution in [0.4, 0.5) is 0 Å². The standard InChI is InChI=1S/C20H22O8S/c1-14-4-2-5-16(12-14)29(25,26)11-3-9-28-19(22)8-10-27-15-6-7-17(20(23)24)18(21)13-15/h2,4-7,12-13,21H,3,8-11H2,1H3,(H,23,24). The first kappa shape index (κ1) is 22.2. The van der Waals surface area contributed by atoms with Crippen molar-refractivity contribution in [3.8, 4) is 11.5 Å². The topological polar surface area (TPSA) is 127 Å². The van der Waals surface area contributed by atoms with Crippen LogP contribution in [-0.4, -0.2) is 49.5 Å². The second-order valence-corrected chi connectivity index (χ2v) is 8.40. The molecule has 2 aromatic carbocycles. The number of rotatable bonds is 10. The predicted octanol–water partition coefficient (Wildman–Crippen LogP) is 2.57. The molecule has 0 amide bonds. The molecule has 2 rings (SSSR count). The second-order valence-electron chi connectivity index (χ2n) is 6.29. The second kappa shape index (κ2) is 9.92. The normalized spacial score (nSPS) is 11.1. The quantitative estimate of drug-likeness (QED) is 0.442. The summed E-state index contributed by atoms with van der Waals surface area (Å²) in [6.07, 6.45) is 0.0967. The molecular formula is C20H22O8S. The number of carbonyl (C=O) groups is 2. The van der Waals surface area contributed by atoms with Gasteiger partial charge in [-0.1, -0.05) is 12.1 Å². The van der Waals surface area contributed by atoms with Gasteiger partial charge < -0.3 is 19.7 Å². The minimum atomic E-state index is -3.43. The predicted molar refractivity (Wildman–Crippen MR) is 104 cm³/mol. The van der Waals surface area contributed by atoms with E-state index >= 15 is 0 Å². The van der Waals surface area contributed by atoms with Crippen LogP contribution in [0.5, 0.6) is 11.5 Å². The van der Waals surface area contributed by atoms with Crippen molar-refractivity contribution in [1.29, 1.82) is 0 Å².